The van der Waals surface area contributed by atoms with E-state index in [9.17, 15) is 0 Å². The fourth-order valence-electron chi connectivity index (χ4n) is 3.77. The maximum atomic E-state index is 6.05. The summed E-state index contributed by atoms with van der Waals surface area (Å²) in [7, 11) is 0. The number of guanidine groups is 1. The third-order valence-electron chi connectivity index (χ3n) is 5.13. The molecule has 23 heavy (non-hydrogen) atoms. The van der Waals surface area contributed by atoms with Crippen molar-refractivity contribution in [2.24, 2.45) is 4.99 Å². The minimum absolute atomic E-state index is 0.263. The zero-order valence-corrected chi connectivity index (χ0v) is 15.5. The van der Waals surface area contributed by atoms with Gasteiger partial charge in [0.25, 0.3) is 0 Å². The first-order chi connectivity index (χ1) is 11.3. The van der Waals surface area contributed by atoms with Gasteiger partial charge >= 0.3 is 0 Å². The van der Waals surface area contributed by atoms with Crippen molar-refractivity contribution < 1.29 is 4.74 Å². The average molecular weight is 341 g/mol. The number of nitrogens with zero attached hydrogens (tertiary/aromatic N) is 3. The maximum Gasteiger partial charge on any atom is 0.194 e. The van der Waals surface area contributed by atoms with Crippen LogP contribution < -0.4 is 5.32 Å². The molecular weight excluding hydrogens is 308 g/mol. The lowest BCUT2D eigenvalue weighted by molar-refractivity contribution is -0.0432. The Bertz CT molecular complexity index is 406. The average Bonchev–Trinajstić information content (AvgIpc) is 3.06. The van der Waals surface area contributed by atoms with Gasteiger partial charge < -0.3 is 15.0 Å². The van der Waals surface area contributed by atoms with Crippen LogP contribution in [0.5, 0.6) is 0 Å². The molecule has 3 unspecified atom stereocenters. The summed E-state index contributed by atoms with van der Waals surface area (Å²) in [6, 6.07) is 0.674. The summed E-state index contributed by atoms with van der Waals surface area (Å²) in [5.74, 6) is 2.29. The van der Waals surface area contributed by atoms with E-state index in [1.54, 1.807) is 0 Å². The minimum atomic E-state index is 0.263. The molecule has 0 saturated carbocycles. The second kappa shape index (κ2) is 8.58. The molecule has 5 nitrogen and oxygen atoms in total. The first-order valence-corrected chi connectivity index (χ1v) is 10.4. The van der Waals surface area contributed by atoms with Gasteiger partial charge in [-0.2, -0.15) is 11.8 Å². The predicted molar refractivity (Wildman–Crippen MR) is 98.4 cm³/mol. The second-order valence-electron chi connectivity index (χ2n) is 6.79. The van der Waals surface area contributed by atoms with Crippen LogP contribution in [0.2, 0.25) is 0 Å². The SMILES string of the molecule is CCNC(=NCC1CN2CCCC2CO1)N1CCSC(CC)C1. The number of ether oxygens (including phenoxy) is 1. The van der Waals surface area contributed by atoms with Crippen LogP contribution in [0.1, 0.15) is 33.1 Å². The van der Waals surface area contributed by atoms with Gasteiger partial charge in [0.1, 0.15) is 0 Å². The molecule has 1 N–H and O–H groups in total. The van der Waals surface area contributed by atoms with E-state index < -0.39 is 0 Å². The predicted octanol–water partition coefficient (Wildman–Crippen LogP) is 1.64. The number of fused-ring (bicyclic) bond motifs is 1. The van der Waals surface area contributed by atoms with Crippen molar-refractivity contribution in [1.82, 2.24) is 15.1 Å². The number of nitrogens with one attached hydrogen (secondary N) is 1. The van der Waals surface area contributed by atoms with Gasteiger partial charge in [0, 0.05) is 43.2 Å². The topological polar surface area (TPSA) is 40.1 Å². The van der Waals surface area contributed by atoms with Gasteiger partial charge in [-0.05, 0) is 32.7 Å². The molecule has 3 atom stereocenters. The van der Waals surface area contributed by atoms with Crippen LogP contribution in [0.25, 0.3) is 0 Å². The largest absolute Gasteiger partial charge is 0.373 e. The van der Waals surface area contributed by atoms with Gasteiger partial charge in [-0.15, -0.1) is 0 Å². The fourth-order valence-corrected chi connectivity index (χ4v) is 4.95. The molecule has 0 aromatic heterocycles. The highest BCUT2D eigenvalue weighted by Gasteiger charge is 2.32. The smallest absolute Gasteiger partial charge is 0.194 e. The third-order valence-corrected chi connectivity index (χ3v) is 6.51. The van der Waals surface area contributed by atoms with E-state index in [1.807, 2.05) is 0 Å². The van der Waals surface area contributed by atoms with E-state index in [4.69, 9.17) is 9.73 Å². The highest BCUT2D eigenvalue weighted by atomic mass is 32.2. The van der Waals surface area contributed by atoms with Crippen LogP contribution in [0.15, 0.2) is 4.99 Å². The molecule has 0 aromatic rings. The van der Waals surface area contributed by atoms with E-state index in [0.717, 1.165) is 50.5 Å². The minimum Gasteiger partial charge on any atom is -0.373 e. The zero-order chi connectivity index (χ0) is 16.1. The van der Waals surface area contributed by atoms with Crippen LogP contribution in [-0.4, -0.2) is 84.8 Å². The van der Waals surface area contributed by atoms with E-state index in [0.29, 0.717) is 6.04 Å². The number of hydrogen-bond acceptors (Lipinski definition) is 4. The van der Waals surface area contributed by atoms with Gasteiger partial charge in [0.2, 0.25) is 0 Å². The Morgan fingerprint density at radius 1 is 1.30 bits per heavy atom. The summed E-state index contributed by atoms with van der Waals surface area (Å²) in [4.78, 5) is 9.95. The Kier molecular flexibility index (Phi) is 6.48. The van der Waals surface area contributed by atoms with Gasteiger partial charge in [-0.3, -0.25) is 9.89 Å². The molecule has 0 bridgehead atoms. The van der Waals surface area contributed by atoms with Crippen molar-refractivity contribution in [3.63, 3.8) is 0 Å². The van der Waals surface area contributed by atoms with Crippen LogP contribution in [-0.2, 0) is 4.74 Å². The van der Waals surface area contributed by atoms with Crippen molar-refractivity contribution >= 4 is 17.7 Å². The Hall–Kier alpha value is -0.460. The molecule has 3 heterocycles. The molecule has 6 heteroatoms. The molecule has 3 aliphatic rings. The van der Waals surface area contributed by atoms with E-state index in [-0.39, 0.29) is 6.10 Å². The van der Waals surface area contributed by atoms with Crippen LogP contribution in [0, 0.1) is 0 Å². The molecule has 3 fully saturated rings. The summed E-state index contributed by atoms with van der Waals surface area (Å²) in [6.45, 7) is 11.6. The molecular formula is C17H32N4OS. The molecule has 0 aromatic carbocycles. The standard InChI is InChI=1S/C17H32N4OS/c1-3-16-12-21(8-9-23-16)17(18-4-2)19-10-15-11-20-7-5-6-14(20)13-22-15/h14-16H,3-13H2,1-2H3,(H,18,19). The lowest BCUT2D eigenvalue weighted by Gasteiger charge is -2.36. The number of hydrogen-bond donors (Lipinski definition) is 1. The molecule has 0 spiro atoms. The summed E-state index contributed by atoms with van der Waals surface area (Å²) >= 11 is 2.10. The Balaban J connectivity index is 1.55. The highest BCUT2D eigenvalue weighted by Crippen LogP contribution is 2.23. The number of thioether (sulfide) groups is 1. The van der Waals surface area contributed by atoms with Crippen LogP contribution in [0.3, 0.4) is 0 Å². The van der Waals surface area contributed by atoms with Gasteiger partial charge in [-0.1, -0.05) is 6.92 Å². The summed E-state index contributed by atoms with van der Waals surface area (Å²) in [5, 5.41) is 4.22. The van der Waals surface area contributed by atoms with Crippen molar-refractivity contribution in [3.05, 3.63) is 0 Å². The number of morpholine rings is 1. The van der Waals surface area contributed by atoms with Gasteiger partial charge in [0.05, 0.1) is 19.3 Å². The third kappa shape index (κ3) is 4.54. The molecule has 0 radical (unpaired) electrons. The molecule has 0 amide bonds. The Morgan fingerprint density at radius 2 is 2.22 bits per heavy atom. The second-order valence-corrected chi connectivity index (χ2v) is 8.20. The monoisotopic (exact) mass is 340 g/mol. The fraction of sp³-hybridized carbons (Fsp3) is 0.941. The summed E-state index contributed by atoms with van der Waals surface area (Å²) in [5.41, 5.74) is 0. The first kappa shape index (κ1) is 17.4. The van der Waals surface area contributed by atoms with Crippen LogP contribution in [0.4, 0.5) is 0 Å². The van der Waals surface area contributed by atoms with Gasteiger partial charge in [-0.25, -0.2) is 0 Å². The van der Waals surface area contributed by atoms with Gasteiger partial charge in [0.15, 0.2) is 5.96 Å². The number of rotatable bonds is 4. The lowest BCUT2D eigenvalue weighted by Crippen LogP contribution is -2.49. The first-order valence-electron chi connectivity index (χ1n) is 9.30. The summed E-state index contributed by atoms with van der Waals surface area (Å²) < 4.78 is 6.05. The molecule has 3 saturated heterocycles. The van der Waals surface area contributed by atoms with E-state index in [2.05, 4.69) is 40.7 Å². The highest BCUT2D eigenvalue weighted by molar-refractivity contribution is 8.00. The zero-order valence-electron chi connectivity index (χ0n) is 14.7. The van der Waals surface area contributed by atoms with E-state index in [1.165, 1.54) is 31.6 Å². The molecule has 0 aliphatic carbocycles. The van der Waals surface area contributed by atoms with Crippen LogP contribution >= 0.6 is 11.8 Å². The quantitative estimate of drug-likeness (QED) is 0.622. The maximum absolute atomic E-state index is 6.05. The van der Waals surface area contributed by atoms with E-state index >= 15 is 0 Å². The Morgan fingerprint density at radius 3 is 3.04 bits per heavy atom. The molecule has 3 aliphatic heterocycles. The van der Waals surface area contributed by atoms with Crippen molar-refractivity contribution in [3.8, 4) is 0 Å². The molecule has 132 valence electrons. The van der Waals surface area contributed by atoms with Crippen molar-refractivity contribution in [1.29, 1.82) is 0 Å². The normalized spacial score (nSPS) is 32.9. The molecule has 3 rings (SSSR count). The summed E-state index contributed by atoms with van der Waals surface area (Å²) in [6.07, 6.45) is 4.14. The lowest BCUT2D eigenvalue weighted by atomic mass is 10.2. The van der Waals surface area contributed by atoms with Crippen molar-refractivity contribution in [2.75, 3.05) is 51.6 Å². The Labute approximate surface area is 145 Å². The van der Waals surface area contributed by atoms with Crippen molar-refractivity contribution in [2.45, 2.75) is 50.5 Å². The number of aliphatic imine (C=N–C) groups is 1.